The molecule has 2 heterocycles. The van der Waals surface area contributed by atoms with Gasteiger partial charge >= 0.3 is 0 Å². The summed E-state index contributed by atoms with van der Waals surface area (Å²) in [5.41, 5.74) is 2.30. The zero-order chi connectivity index (χ0) is 14.7. The minimum absolute atomic E-state index is 0.164. The Balaban J connectivity index is 1.68. The summed E-state index contributed by atoms with van der Waals surface area (Å²) in [7, 11) is 0. The Morgan fingerprint density at radius 1 is 1.24 bits per heavy atom. The van der Waals surface area contributed by atoms with Crippen LogP contribution in [0, 0.1) is 0 Å². The van der Waals surface area contributed by atoms with Crippen molar-refractivity contribution in [1.82, 2.24) is 9.78 Å². The monoisotopic (exact) mass is 287 g/mol. The summed E-state index contributed by atoms with van der Waals surface area (Å²) in [4.78, 5) is 0. The largest absolute Gasteiger partial charge is 0.377 e. The average molecular weight is 287 g/mol. The van der Waals surface area contributed by atoms with E-state index < -0.39 is 5.79 Å². The van der Waals surface area contributed by atoms with E-state index in [-0.39, 0.29) is 6.04 Å². The van der Waals surface area contributed by atoms with E-state index in [1.807, 2.05) is 42.9 Å². The predicted molar refractivity (Wildman–Crippen MR) is 81.2 cm³/mol. The topological polar surface area (TPSA) is 48.3 Å². The summed E-state index contributed by atoms with van der Waals surface area (Å²) in [5.74, 6) is -0.479. The molecule has 1 aromatic carbocycles. The number of hydrogen-bond acceptors (Lipinski definition) is 4. The smallest absolute Gasteiger partial charge is 0.162 e. The van der Waals surface area contributed by atoms with E-state index in [0.717, 1.165) is 12.2 Å². The fraction of sp³-hybridized carbons (Fsp3) is 0.438. The quantitative estimate of drug-likeness (QED) is 0.938. The maximum absolute atomic E-state index is 5.69. The second kappa shape index (κ2) is 5.87. The molecule has 0 amide bonds. The van der Waals surface area contributed by atoms with Gasteiger partial charge in [0.2, 0.25) is 0 Å². The van der Waals surface area contributed by atoms with Crippen molar-refractivity contribution in [3.63, 3.8) is 0 Å². The molecule has 0 unspecified atom stereocenters. The number of nitrogens with zero attached hydrogens (tertiary/aromatic N) is 2. The third kappa shape index (κ3) is 3.62. The van der Waals surface area contributed by atoms with Gasteiger partial charge in [-0.15, -0.1) is 0 Å². The van der Waals surface area contributed by atoms with Crippen molar-refractivity contribution in [2.75, 3.05) is 18.5 Å². The highest BCUT2D eigenvalue weighted by molar-refractivity contribution is 5.52. The molecular formula is C16H21N3O2. The summed E-state index contributed by atoms with van der Waals surface area (Å²) >= 11 is 0. The summed E-state index contributed by atoms with van der Waals surface area (Å²) in [6, 6.07) is 10.4. The van der Waals surface area contributed by atoms with Crippen LogP contribution in [0.15, 0.2) is 42.7 Å². The zero-order valence-corrected chi connectivity index (χ0v) is 12.5. The van der Waals surface area contributed by atoms with Gasteiger partial charge in [-0.2, -0.15) is 5.10 Å². The van der Waals surface area contributed by atoms with Gasteiger partial charge in [-0.05, 0) is 31.5 Å². The molecule has 0 aliphatic carbocycles. The van der Waals surface area contributed by atoms with E-state index in [1.54, 1.807) is 6.20 Å². The van der Waals surface area contributed by atoms with Crippen molar-refractivity contribution < 1.29 is 9.47 Å². The van der Waals surface area contributed by atoms with Crippen LogP contribution in [0.1, 0.15) is 19.4 Å². The molecular weight excluding hydrogens is 266 g/mol. The molecule has 1 saturated heterocycles. The molecule has 0 atom stereocenters. The van der Waals surface area contributed by atoms with Gasteiger partial charge in [-0.3, -0.25) is 4.68 Å². The van der Waals surface area contributed by atoms with Gasteiger partial charge in [0.15, 0.2) is 5.79 Å². The fourth-order valence-electron chi connectivity index (χ4n) is 2.36. The lowest BCUT2D eigenvalue weighted by molar-refractivity contribution is -0.247. The van der Waals surface area contributed by atoms with E-state index in [0.29, 0.717) is 13.2 Å². The molecule has 0 spiro atoms. The molecule has 2 aromatic rings. The van der Waals surface area contributed by atoms with Crippen molar-refractivity contribution in [2.24, 2.45) is 0 Å². The normalized spacial score (nSPS) is 18.6. The standard InChI is InChI=1S/C16H21N3O2/c1-16(2)20-11-14(12-21-16)18-15-7-4-3-6-13(15)10-19-9-5-8-17-19/h3-9,14,18H,10-12H2,1-2H3. The summed E-state index contributed by atoms with van der Waals surface area (Å²) < 4.78 is 13.3. The van der Waals surface area contributed by atoms with Crippen LogP contribution in [0.25, 0.3) is 0 Å². The van der Waals surface area contributed by atoms with Gasteiger partial charge < -0.3 is 14.8 Å². The lowest BCUT2D eigenvalue weighted by Gasteiger charge is -2.35. The van der Waals surface area contributed by atoms with Crippen LogP contribution >= 0.6 is 0 Å². The Labute approximate surface area is 124 Å². The fourth-order valence-corrected chi connectivity index (χ4v) is 2.36. The van der Waals surface area contributed by atoms with Crippen LogP contribution in [0.3, 0.4) is 0 Å². The SMILES string of the molecule is CC1(C)OCC(Nc2ccccc2Cn2cccn2)CO1. The molecule has 1 aliphatic heterocycles. The van der Waals surface area contributed by atoms with E-state index in [4.69, 9.17) is 9.47 Å². The van der Waals surface area contributed by atoms with Crippen LogP contribution in [0.2, 0.25) is 0 Å². The van der Waals surface area contributed by atoms with E-state index >= 15 is 0 Å². The second-order valence-electron chi connectivity index (χ2n) is 5.72. The first-order chi connectivity index (χ1) is 10.1. The first kappa shape index (κ1) is 14.1. The molecule has 0 bridgehead atoms. The predicted octanol–water partition coefficient (Wildman–Crippen LogP) is 2.49. The average Bonchev–Trinajstić information content (AvgIpc) is 2.96. The van der Waals surface area contributed by atoms with E-state index in [9.17, 15) is 0 Å². The van der Waals surface area contributed by atoms with Crippen molar-refractivity contribution in [1.29, 1.82) is 0 Å². The molecule has 0 radical (unpaired) electrons. The number of ether oxygens (including phenoxy) is 2. The lowest BCUT2D eigenvalue weighted by Crippen LogP contribution is -2.45. The van der Waals surface area contributed by atoms with E-state index in [1.165, 1.54) is 5.56 Å². The third-order valence-corrected chi connectivity index (χ3v) is 3.53. The van der Waals surface area contributed by atoms with Crippen molar-refractivity contribution in [2.45, 2.75) is 32.2 Å². The number of anilines is 1. The summed E-state index contributed by atoms with van der Waals surface area (Å²) in [6.07, 6.45) is 3.76. The number of para-hydroxylation sites is 1. The molecule has 1 aliphatic rings. The van der Waals surface area contributed by atoms with Gasteiger partial charge in [0.25, 0.3) is 0 Å². The first-order valence-corrected chi connectivity index (χ1v) is 7.22. The van der Waals surface area contributed by atoms with Crippen molar-refractivity contribution in [3.8, 4) is 0 Å². The van der Waals surface area contributed by atoms with Crippen molar-refractivity contribution in [3.05, 3.63) is 48.3 Å². The Hall–Kier alpha value is -1.85. The molecule has 1 fully saturated rings. The number of benzene rings is 1. The summed E-state index contributed by atoms with van der Waals surface area (Å²) in [5, 5.41) is 7.77. The molecule has 21 heavy (non-hydrogen) atoms. The second-order valence-corrected chi connectivity index (χ2v) is 5.72. The molecule has 1 aromatic heterocycles. The highest BCUT2D eigenvalue weighted by atomic mass is 16.7. The van der Waals surface area contributed by atoms with E-state index in [2.05, 4.69) is 22.5 Å². The van der Waals surface area contributed by atoms with Crippen LogP contribution in [0.4, 0.5) is 5.69 Å². The minimum Gasteiger partial charge on any atom is -0.377 e. The number of nitrogens with one attached hydrogen (secondary N) is 1. The number of hydrogen-bond donors (Lipinski definition) is 1. The molecule has 3 rings (SSSR count). The lowest BCUT2D eigenvalue weighted by atomic mass is 10.1. The van der Waals surface area contributed by atoms with Gasteiger partial charge in [-0.1, -0.05) is 18.2 Å². The number of rotatable bonds is 4. The number of aromatic nitrogens is 2. The Kier molecular flexibility index (Phi) is 3.94. The van der Waals surface area contributed by atoms with Crippen LogP contribution < -0.4 is 5.32 Å². The van der Waals surface area contributed by atoms with Crippen LogP contribution in [-0.2, 0) is 16.0 Å². The van der Waals surface area contributed by atoms with Crippen molar-refractivity contribution >= 4 is 5.69 Å². The Bertz CT molecular complexity index is 571. The first-order valence-electron chi connectivity index (χ1n) is 7.22. The summed E-state index contributed by atoms with van der Waals surface area (Å²) in [6.45, 7) is 5.91. The van der Waals surface area contributed by atoms with Gasteiger partial charge in [0, 0.05) is 18.1 Å². The van der Waals surface area contributed by atoms with Crippen LogP contribution in [0.5, 0.6) is 0 Å². The van der Waals surface area contributed by atoms with Gasteiger partial charge in [0.1, 0.15) is 0 Å². The Morgan fingerprint density at radius 2 is 2.00 bits per heavy atom. The minimum atomic E-state index is -0.479. The maximum atomic E-state index is 5.69. The van der Waals surface area contributed by atoms with Gasteiger partial charge in [0.05, 0.1) is 25.8 Å². The molecule has 5 nitrogen and oxygen atoms in total. The van der Waals surface area contributed by atoms with Gasteiger partial charge in [-0.25, -0.2) is 0 Å². The molecule has 1 N–H and O–H groups in total. The molecule has 5 heteroatoms. The zero-order valence-electron chi connectivity index (χ0n) is 12.5. The van der Waals surface area contributed by atoms with Crippen LogP contribution in [-0.4, -0.2) is 34.8 Å². The third-order valence-electron chi connectivity index (χ3n) is 3.53. The Morgan fingerprint density at radius 3 is 2.71 bits per heavy atom. The maximum Gasteiger partial charge on any atom is 0.162 e. The molecule has 0 saturated carbocycles. The highest BCUT2D eigenvalue weighted by Crippen LogP contribution is 2.22. The molecule has 112 valence electrons. The highest BCUT2D eigenvalue weighted by Gasteiger charge is 2.28.